The molecule has 1 rings (SSSR count). The molecule has 1 heterocycles. The molecule has 0 radical (unpaired) electrons. The number of nitrogens with zero attached hydrogens (tertiary/aromatic N) is 2. The Morgan fingerprint density at radius 2 is 2.38 bits per heavy atom. The molecule has 0 aliphatic carbocycles. The van der Waals surface area contributed by atoms with E-state index in [-0.39, 0.29) is 12.6 Å². The second-order valence-corrected chi connectivity index (χ2v) is 3.08. The van der Waals surface area contributed by atoms with Crippen LogP contribution in [0, 0.1) is 6.92 Å². The predicted octanol–water partition coefficient (Wildman–Crippen LogP) is 0.968. The summed E-state index contributed by atoms with van der Waals surface area (Å²) < 4.78 is 0. The number of hydrogen-bond acceptors (Lipinski definition) is 4. The zero-order chi connectivity index (χ0) is 9.68. The lowest BCUT2D eigenvalue weighted by atomic mass is 10.2. The maximum absolute atomic E-state index is 8.69. The molecule has 0 bridgehead atoms. The summed E-state index contributed by atoms with van der Waals surface area (Å²) in [6.07, 6.45) is 2.42. The van der Waals surface area contributed by atoms with Crippen molar-refractivity contribution in [3.63, 3.8) is 0 Å². The van der Waals surface area contributed by atoms with Crippen LogP contribution in [0.5, 0.6) is 0 Å². The Kier molecular flexibility index (Phi) is 3.64. The van der Waals surface area contributed by atoms with Gasteiger partial charge in [-0.1, -0.05) is 0 Å². The Balaban J connectivity index is 2.53. The predicted molar refractivity (Wildman–Crippen MR) is 51.6 cm³/mol. The van der Waals surface area contributed by atoms with Gasteiger partial charge in [-0.3, -0.25) is 0 Å². The van der Waals surface area contributed by atoms with Gasteiger partial charge in [0.2, 0.25) is 5.95 Å². The van der Waals surface area contributed by atoms with Crippen LogP contribution in [0.15, 0.2) is 12.3 Å². The van der Waals surface area contributed by atoms with Crippen LogP contribution >= 0.6 is 0 Å². The van der Waals surface area contributed by atoms with Gasteiger partial charge in [0.15, 0.2) is 0 Å². The molecular formula is C9H15N3O. The van der Waals surface area contributed by atoms with E-state index in [9.17, 15) is 0 Å². The number of anilines is 1. The molecule has 0 saturated carbocycles. The normalized spacial score (nSPS) is 12.5. The molecule has 0 fully saturated rings. The SMILES string of the molecule is Cc1ccnc(N[C@H](C)CCO)n1. The van der Waals surface area contributed by atoms with Crippen LogP contribution in [0.2, 0.25) is 0 Å². The van der Waals surface area contributed by atoms with Crippen LogP contribution in [0.4, 0.5) is 5.95 Å². The van der Waals surface area contributed by atoms with Crippen LogP contribution in [0.25, 0.3) is 0 Å². The molecule has 0 saturated heterocycles. The van der Waals surface area contributed by atoms with Crippen molar-refractivity contribution in [2.45, 2.75) is 26.3 Å². The summed E-state index contributed by atoms with van der Waals surface area (Å²) in [6.45, 7) is 4.09. The van der Waals surface area contributed by atoms with E-state index < -0.39 is 0 Å². The van der Waals surface area contributed by atoms with Crippen molar-refractivity contribution in [2.75, 3.05) is 11.9 Å². The average Bonchev–Trinajstić information content (AvgIpc) is 2.04. The molecule has 1 aromatic rings. The van der Waals surface area contributed by atoms with Gasteiger partial charge in [-0.2, -0.15) is 0 Å². The summed E-state index contributed by atoms with van der Waals surface area (Å²) >= 11 is 0. The molecule has 1 aromatic heterocycles. The number of rotatable bonds is 4. The van der Waals surface area contributed by atoms with Gasteiger partial charge < -0.3 is 10.4 Å². The lowest BCUT2D eigenvalue weighted by Crippen LogP contribution is -2.18. The van der Waals surface area contributed by atoms with Gasteiger partial charge >= 0.3 is 0 Å². The number of hydrogen-bond donors (Lipinski definition) is 2. The van der Waals surface area contributed by atoms with Crippen LogP contribution in [-0.4, -0.2) is 27.7 Å². The zero-order valence-corrected chi connectivity index (χ0v) is 7.99. The maximum Gasteiger partial charge on any atom is 0.223 e. The minimum absolute atomic E-state index is 0.181. The fourth-order valence-electron chi connectivity index (χ4n) is 1.00. The molecule has 4 heteroatoms. The van der Waals surface area contributed by atoms with Crippen LogP contribution < -0.4 is 5.32 Å². The fraction of sp³-hybridized carbons (Fsp3) is 0.556. The Labute approximate surface area is 78.0 Å². The van der Waals surface area contributed by atoms with Gasteiger partial charge in [-0.05, 0) is 26.3 Å². The lowest BCUT2D eigenvalue weighted by Gasteiger charge is -2.11. The van der Waals surface area contributed by atoms with E-state index in [1.54, 1.807) is 6.20 Å². The first-order chi connectivity index (χ1) is 6.22. The highest BCUT2D eigenvalue weighted by atomic mass is 16.3. The first-order valence-corrected chi connectivity index (χ1v) is 4.39. The number of aliphatic hydroxyl groups is 1. The number of aryl methyl sites for hydroxylation is 1. The van der Waals surface area contributed by atoms with Crippen molar-refractivity contribution >= 4 is 5.95 Å². The average molecular weight is 181 g/mol. The van der Waals surface area contributed by atoms with Crippen molar-refractivity contribution in [1.82, 2.24) is 9.97 Å². The number of aromatic nitrogens is 2. The van der Waals surface area contributed by atoms with Gasteiger partial charge in [0, 0.05) is 24.5 Å². The Bertz CT molecular complexity index is 265. The molecule has 0 aliphatic heterocycles. The van der Waals surface area contributed by atoms with E-state index in [2.05, 4.69) is 15.3 Å². The van der Waals surface area contributed by atoms with Crippen molar-refractivity contribution in [2.24, 2.45) is 0 Å². The van der Waals surface area contributed by atoms with Gasteiger partial charge in [-0.15, -0.1) is 0 Å². The van der Waals surface area contributed by atoms with Gasteiger partial charge in [0.25, 0.3) is 0 Å². The van der Waals surface area contributed by atoms with E-state index in [0.29, 0.717) is 12.4 Å². The third-order valence-corrected chi connectivity index (χ3v) is 1.73. The summed E-state index contributed by atoms with van der Waals surface area (Å²) in [5, 5.41) is 11.8. The van der Waals surface area contributed by atoms with Crippen molar-refractivity contribution in [3.05, 3.63) is 18.0 Å². The minimum atomic E-state index is 0.181. The fourth-order valence-corrected chi connectivity index (χ4v) is 1.00. The third kappa shape index (κ3) is 3.38. The number of aliphatic hydroxyl groups excluding tert-OH is 1. The largest absolute Gasteiger partial charge is 0.396 e. The van der Waals surface area contributed by atoms with E-state index in [0.717, 1.165) is 5.69 Å². The van der Waals surface area contributed by atoms with Crippen molar-refractivity contribution < 1.29 is 5.11 Å². The monoisotopic (exact) mass is 181 g/mol. The van der Waals surface area contributed by atoms with Crippen molar-refractivity contribution in [1.29, 1.82) is 0 Å². The molecule has 0 amide bonds. The highest BCUT2D eigenvalue weighted by molar-refractivity contribution is 5.25. The first kappa shape index (κ1) is 9.92. The molecule has 0 aliphatic rings. The molecule has 72 valence electrons. The van der Waals surface area contributed by atoms with E-state index in [4.69, 9.17) is 5.11 Å². The molecule has 0 spiro atoms. The maximum atomic E-state index is 8.69. The van der Waals surface area contributed by atoms with Gasteiger partial charge in [0.1, 0.15) is 0 Å². The van der Waals surface area contributed by atoms with E-state index in [1.165, 1.54) is 0 Å². The summed E-state index contributed by atoms with van der Waals surface area (Å²) in [7, 11) is 0. The van der Waals surface area contributed by atoms with Crippen LogP contribution in [0.1, 0.15) is 19.0 Å². The molecule has 0 aromatic carbocycles. The highest BCUT2D eigenvalue weighted by Crippen LogP contribution is 2.02. The minimum Gasteiger partial charge on any atom is -0.396 e. The smallest absolute Gasteiger partial charge is 0.223 e. The quantitative estimate of drug-likeness (QED) is 0.726. The molecule has 4 nitrogen and oxygen atoms in total. The van der Waals surface area contributed by atoms with Crippen LogP contribution in [0.3, 0.4) is 0 Å². The molecule has 1 atom stereocenters. The summed E-state index contributed by atoms with van der Waals surface area (Å²) in [5.74, 6) is 0.626. The van der Waals surface area contributed by atoms with E-state index in [1.807, 2.05) is 19.9 Å². The van der Waals surface area contributed by atoms with Crippen LogP contribution in [-0.2, 0) is 0 Å². The zero-order valence-electron chi connectivity index (χ0n) is 7.99. The van der Waals surface area contributed by atoms with Crippen molar-refractivity contribution in [3.8, 4) is 0 Å². The highest BCUT2D eigenvalue weighted by Gasteiger charge is 2.02. The van der Waals surface area contributed by atoms with Gasteiger partial charge in [0.05, 0.1) is 0 Å². The second kappa shape index (κ2) is 4.77. The topological polar surface area (TPSA) is 58.0 Å². The lowest BCUT2D eigenvalue weighted by molar-refractivity contribution is 0.282. The Morgan fingerprint density at radius 1 is 1.62 bits per heavy atom. The first-order valence-electron chi connectivity index (χ1n) is 4.39. The Hall–Kier alpha value is -1.16. The number of nitrogens with one attached hydrogen (secondary N) is 1. The Morgan fingerprint density at radius 3 is 3.00 bits per heavy atom. The second-order valence-electron chi connectivity index (χ2n) is 3.08. The molecule has 2 N–H and O–H groups in total. The van der Waals surface area contributed by atoms with E-state index >= 15 is 0 Å². The standard InChI is InChI=1S/C9H15N3O/c1-7-3-5-10-9(11-7)12-8(2)4-6-13/h3,5,8,13H,4,6H2,1-2H3,(H,10,11,12)/t8-/m1/s1. The molecule has 13 heavy (non-hydrogen) atoms. The summed E-state index contributed by atoms with van der Waals surface area (Å²) in [4.78, 5) is 8.25. The molecular weight excluding hydrogens is 166 g/mol. The summed E-state index contributed by atoms with van der Waals surface area (Å²) in [5.41, 5.74) is 0.939. The summed E-state index contributed by atoms with van der Waals surface area (Å²) in [6, 6.07) is 2.05. The molecule has 0 unspecified atom stereocenters. The van der Waals surface area contributed by atoms with Gasteiger partial charge in [-0.25, -0.2) is 9.97 Å². The third-order valence-electron chi connectivity index (χ3n) is 1.73.